The molecular formula is C25H30N6O3. The van der Waals surface area contributed by atoms with Gasteiger partial charge in [-0.1, -0.05) is 29.8 Å². The molecule has 0 radical (unpaired) electrons. The zero-order valence-electron chi connectivity index (χ0n) is 19.4. The second-order valence-corrected chi connectivity index (χ2v) is 8.82. The summed E-state index contributed by atoms with van der Waals surface area (Å²) >= 11 is 0. The average molecular weight is 463 g/mol. The largest absolute Gasteiger partial charge is 0.381 e. The smallest absolute Gasteiger partial charge is 0.247 e. The third-order valence-electron chi connectivity index (χ3n) is 6.27. The van der Waals surface area contributed by atoms with E-state index in [0.29, 0.717) is 44.4 Å². The van der Waals surface area contributed by atoms with Gasteiger partial charge in [0.15, 0.2) is 0 Å². The van der Waals surface area contributed by atoms with Gasteiger partial charge in [-0.05, 0) is 31.4 Å². The second kappa shape index (κ2) is 10.3. The number of fused-ring (bicyclic) bond motifs is 1. The molecule has 9 nitrogen and oxygen atoms in total. The first-order valence-electron chi connectivity index (χ1n) is 11.8. The summed E-state index contributed by atoms with van der Waals surface area (Å²) in [7, 11) is 0. The van der Waals surface area contributed by atoms with E-state index in [2.05, 4.69) is 31.8 Å². The number of nitrogens with one attached hydrogen (secondary N) is 2. The molecule has 34 heavy (non-hydrogen) atoms. The molecule has 2 saturated heterocycles. The Kier molecular flexibility index (Phi) is 6.82. The second-order valence-electron chi connectivity index (χ2n) is 8.82. The zero-order valence-corrected chi connectivity index (χ0v) is 19.4. The van der Waals surface area contributed by atoms with Crippen molar-refractivity contribution in [2.45, 2.75) is 32.2 Å². The van der Waals surface area contributed by atoms with Crippen LogP contribution < -0.4 is 15.6 Å². The third kappa shape index (κ3) is 5.26. The van der Waals surface area contributed by atoms with Gasteiger partial charge in [0.25, 0.3) is 0 Å². The number of carbonyl (C=O) groups excluding carboxylic acids is 1. The highest BCUT2D eigenvalue weighted by atomic mass is 16.5. The highest BCUT2D eigenvalue weighted by Crippen LogP contribution is 2.32. The van der Waals surface area contributed by atoms with Crippen molar-refractivity contribution in [3.8, 4) is 0 Å². The number of hydrazone groups is 1. The van der Waals surface area contributed by atoms with Crippen LogP contribution in [0.25, 0.3) is 6.08 Å². The monoisotopic (exact) mass is 462 g/mol. The summed E-state index contributed by atoms with van der Waals surface area (Å²) in [4.78, 5) is 24.6. The van der Waals surface area contributed by atoms with E-state index >= 15 is 0 Å². The first-order chi connectivity index (χ1) is 16.7. The Balaban J connectivity index is 1.36. The first-order valence-corrected chi connectivity index (χ1v) is 11.8. The number of ether oxygens (including phenoxy) is 2. The topological polar surface area (TPSA) is 101 Å². The number of nitrogens with zero attached hydrogens (tertiary/aromatic N) is 4. The Morgan fingerprint density at radius 1 is 1.15 bits per heavy atom. The number of anilines is 2. The fourth-order valence-corrected chi connectivity index (χ4v) is 4.45. The summed E-state index contributed by atoms with van der Waals surface area (Å²) in [5, 5.41) is 7.50. The Bertz CT molecular complexity index is 1100. The quantitative estimate of drug-likeness (QED) is 0.502. The van der Waals surface area contributed by atoms with Crippen LogP contribution in [-0.4, -0.2) is 67.6 Å². The van der Waals surface area contributed by atoms with Crippen molar-refractivity contribution < 1.29 is 14.3 Å². The van der Waals surface area contributed by atoms with E-state index in [1.807, 2.05) is 31.2 Å². The molecule has 0 bridgehead atoms. The Labute approximate surface area is 199 Å². The third-order valence-corrected chi connectivity index (χ3v) is 6.27. The molecule has 1 aliphatic carbocycles. The van der Waals surface area contributed by atoms with E-state index in [9.17, 15) is 4.79 Å². The number of carbonyl (C=O) groups is 1. The van der Waals surface area contributed by atoms with Crippen molar-refractivity contribution in [3.05, 3.63) is 52.2 Å². The van der Waals surface area contributed by atoms with Crippen LogP contribution in [-0.2, 0) is 20.7 Å². The van der Waals surface area contributed by atoms with E-state index in [1.165, 1.54) is 5.56 Å². The fraction of sp³-hybridized carbons (Fsp3) is 0.440. The van der Waals surface area contributed by atoms with Gasteiger partial charge in [-0.2, -0.15) is 10.1 Å². The van der Waals surface area contributed by atoms with Crippen LogP contribution >= 0.6 is 0 Å². The Morgan fingerprint density at radius 3 is 2.74 bits per heavy atom. The number of hydrogen-bond donors (Lipinski definition) is 2. The van der Waals surface area contributed by atoms with E-state index in [4.69, 9.17) is 14.5 Å². The van der Waals surface area contributed by atoms with Gasteiger partial charge in [0, 0.05) is 49.9 Å². The average Bonchev–Trinajstić information content (AvgIpc) is 3.29. The number of aryl methyl sites for hydroxylation is 1. The number of morpholine rings is 1. The molecule has 2 fully saturated rings. The van der Waals surface area contributed by atoms with Crippen LogP contribution in [0.5, 0.6) is 0 Å². The van der Waals surface area contributed by atoms with Gasteiger partial charge in [-0.25, -0.2) is 10.4 Å². The van der Waals surface area contributed by atoms with E-state index in [1.54, 1.807) is 6.21 Å². The molecule has 0 unspecified atom stereocenters. The lowest BCUT2D eigenvalue weighted by atomic mass is 10.1. The van der Waals surface area contributed by atoms with Gasteiger partial charge in [-0.3, -0.25) is 4.79 Å². The molecule has 1 aromatic heterocycles. The first kappa shape index (κ1) is 22.5. The highest BCUT2D eigenvalue weighted by Gasteiger charge is 2.28. The molecule has 0 atom stereocenters. The number of aromatic nitrogens is 2. The number of rotatable bonds is 6. The van der Waals surface area contributed by atoms with Crippen molar-refractivity contribution in [2.75, 3.05) is 49.8 Å². The summed E-state index contributed by atoms with van der Waals surface area (Å²) in [6.45, 7) is 6.22. The van der Waals surface area contributed by atoms with Gasteiger partial charge in [0.1, 0.15) is 5.82 Å². The summed E-state index contributed by atoms with van der Waals surface area (Å²) < 4.78 is 10.9. The molecule has 1 amide bonds. The maximum atomic E-state index is 13.0. The predicted octanol–water partition coefficient (Wildman–Crippen LogP) is 2.30. The van der Waals surface area contributed by atoms with Crippen molar-refractivity contribution in [3.63, 3.8) is 0 Å². The summed E-state index contributed by atoms with van der Waals surface area (Å²) in [6.07, 6.45) is 5.84. The molecule has 5 rings (SSSR count). The molecule has 0 saturated carbocycles. The van der Waals surface area contributed by atoms with Gasteiger partial charge < -0.3 is 19.7 Å². The van der Waals surface area contributed by atoms with Crippen LogP contribution in [0.2, 0.25) is 0 Å². The normalized spacial score (nSPS) is 18.6. The molecule has 1 aromatic carbocycles. The molecule has 178 valence electrons. The minimum atomic E-state index is -0.0372. The van der Waals surface area contributed by atoms with Crippen molar-refractivity contribution in [1.82, 2.24) is 15.3 Å². The maximum Gasteiger partial charge on any atom is 0.247 e. The van der Waals surface area contributed by atoms with Crippen molar-refractivity contribution >= 4 is 30.0 Å². The Hall–Kier alpha value is -3.30. The van der Waals surface area contributed by atoms with Gasteiger partial charge >= 0.3 is 0 Å². The van der Waals surface area contributed by atoms with E-state index in [-0.39, 0.29) is 11.9 Å². The van der Waals surface area contributed by atoms with Gasteiger partial charge in [0.2, 0.25) is 11.9 Å². The molecule has 9 heteroatoms. The van der Waals surface area contributed by atoms with Crippen molar-refractivity contribution in [1.29, 1.82) is 0 Å². The molecular weight excluding hydrogens is 432 g/mol. The number of benzene rings is 1. The Morgan fingerprint density at radius 2 is 1.94 bits per heavy atom. The standard InChI is InChI=1S/C25H30N6O3/c1-17-3-2-4-18(13-17)16-26-30-25-28-22-15-19(24(32)27-20-5-9-33-10-6-20)14-21(22)23(29-25)31-7-11-34-12-8-31/h2-4,13,15-16,20H,5-12,14H2,1H3,(H,27,32)(H,28,29,30)/b26-16+. The maximum absolute atomic E-state index is 13.0. The number of hydrogen-bond acceptors (Lipinski definition) is 8. The highest BCUT2D eigenvalue weighted by molar-refractivity contribution is 6.00. The van der Waals surface area contributed by atoms with Crippen LogP contribution in [0.15, 0.2) is 34.9 Å². The summed E-state index contributed by atoms with van der Waals surface area (Å²) in [5.74, 6) is 1.21. The molecule has 2 aromatic rings. The van der Waals surface area contributed by atoms with Crippen LogP contribution in [0.1, 0.15) is 35.2 Å². The molecule has 2 N–H and O–H groups in total. The fourth-order valence-electron chi connectivity index (χ4n) is 4.45. The minimum absolute atomic E-state index is 0.0372. The van der Waals surface area contributed by atoms with Crippen molar-refractivity contribution in [2.24, 2.45) is 5.10 Å². The zero-order chi connectivity index (χ0) is 23.3. The minimum Gasteiger partial charge on any atom is -0.381 e. The van der Waals surface area contributed by atoms with Gasteiger partial charge in [0.05, 0.1) is 25.1 Å². The molecule has 2 aliphatic heterocycles. The lowest BCUT2D eigenvalue weighted by Gasteiger charge is -2.29. The summed E-state index contributed by atoms with van der Waals surface area (Å²) in [6, 6.07) is 8.25. The predicted molar refractivity (Wildman–Crippen MR) is 131 cm³/mol. The van der Waals surface area contributed by atoms with Gasteiger partial charge in [-0.15, -0.1) is 0 Å². The van der Waals surface area contributed by atoms with E-state index < -0.39 is 0 Å². The molecule has 0 spiro atoms. The lowest BCUT2D eigenvalue weighted by Crippen LogP contribution is -2.39. The SMILES string of the molecule is Cc1cccc(/C=N/Nc2nc3c(c(N4CCOCC4)n2)CC(C(=O)NC2CCOCC2)=C3)c1. The van der Waals surface area contributed by atoms with Crippen LogP contribution in [0.4, 0.5) is 11.8 Å². The molecule has 3 aliphatic rings. The number of amides is 1. The van der Waals surface area contributed by atoms with E-state index in [0.717, 1.165) is 48.6 Å². The van der Waals surface area contributed by atoms with Crippen LogP contribution in [0, 0.1) is 6.92 Å². The molecule has 3 heterocycles. The lowest BCUT2D eigenvalue weighted by molar-refractivity contribution is -0.118. The summed E-state index contributed by atoms with van der Waals surface area (Å²) in [5.41, 5.74) is 7.60. The van der Waals surface area contributed by atoms with Crippen LogP contribution in [0.3, 0.4) is 0 Å².